The van der Waals surface area contributed by atoms with E-state index in [1.165, 1.54) is 16.6 Å². The third kappa shape index (κ3) is 1.65. The Kier molecular flexibility index (Phi) is 2.35. The van der Waals surface area contributed by atoms with Crippen molar-refractivity contribution in [2.75, 3.05) is 0 Å². The van der Waals surface area contributed by atoms with Gasteiger partial charge in [0.25, 0.3) is 0 Å². The molecule has 19 heavy (non-hydrogen) atoms. The predicted octanol–water partition coefficient (Wildman–Crippen LogP) is 4.04. The lowest BCUT2D eigenvalue weighted by atomic mass is 9.77. The number of benzene rings is 2. The number of nitrogens with zero attached hydrogens (tertiary/aromatic N) is 1. The maximum absolute atomic E-state index is 5.45. The fraction of sp³-hybridized carbons (Fsp3) is 0.188. The second-order valence-corrected chi connectivity index (χ2v) is 5.54. The van der Waals surface area contributed by atoms with Crippen LogP contribution in [0.15, 0.2) is 48.5 Å². The molecular formula is C16H14N2S. The lowest BCUT2D eigenvalue weighted by Crippen LogP contribution is -2.21. The monoisotopic (exact) mass is 266 g/mol. The number of hydrogen-bond donors (Lipinski definition) is 1. The molecule has 0 spiro atoms. The van der Waals surface area contributed by atoms with Crippen molar-refractivity contribution < 1.29 is 0 Å². The number of aromatic amines is 1. The first-order valence-electron chi connectivity index (χ1n) is 6.58. The summed E-state index contributed by atoms with van der Waals surface area (Å²) in [7, 11) is 0. The van der Waals surface area contributed by atoms with Crippen LogP contribution in [-0.4, -0.2) is 9.55 Å². The van der Waals surface area contributed by atoms with Gasteiger partial charge in [-0.05, 0) is 41.9 Å². The van der Waals surface area contributed by atoms with Crippen molar-refractivity contribution in [1.82, 2.24) is 9.55 Å². The van der Waals surface area contributed by atoms with Crippen molar-refractivity contribution in [2.45, 2.75) is 18.9 Å². The van der Waals surface area contributed by atoms with Crippen molar-refractivity contribution in [3.05, 3.63) is 64.4 Å². The van der Waals surface area contributed by atoms with E-state index < -0.39 is 0 Å². The molecule has 3 aromatic rings. The Morgan fingerprint density at radius 3 is 2.79 bits per heavy atom. The number of rotatable bonds is 2. The van der Waals surface area contributed by atoms with Crippen LogP contribution < -0.4 is 0 Å². The first-order valence-corrected chi connectivity index (χ1v) is 6.99. The Bertz CT molecular complexity index is 813. The first-order chi connectivity index (χ1) is 9.33. The molecule has 0 saturated heterocycles. The highest BCUT2D eigenvalue weighted by atomic mass is 32.1. The summed E-state index contributed by atoms with van der Waals surface area (Å²) in [5, 5.41) is 0. The Morgan fingerprint density at radius 1 is 1.11 bits per heavy atom. The van der Waals surface area contributed by atoms with Crippen molar-refractivity contribution in [3.63, 3.8) is 0 Å². The molecule has 0 radical (unpaired) electrons. The molecule has 1 unspecified atom stereocenters. The highest BCUT2D eigenvalue weighted by molar-refractivity contribution is 7.71. The Morgan fingerprint density at radius 2 is 1.89 bits per heavy atom. The van der Waals surface area contributed by atoms with Gasteiger partial charge in [0.05, 0.1) is 11.0 Å². The normalized spacial score (nSPS) is 17.2. The van der Waals surface area contributed by atoms with Crippen molar-refractivity contribution in [1.29, 1.82) is 0 Å². The second-order valence-electron chi connectivity index (χ2n) is 5.16. The number of imidazole rings is 1. The molecule has 1 heterocycles. The molecule has 94 valence electrons. The minimum atomic E-state index is 0.599. The quantitative estimate of drug-likeness (QED) is 0.694. The molecule has 0 amide bonds. The molecule has 0 aliphatic heterocycles. The minimum absolute atomic E-state index is 0.599. The zero-order valence-corrected chi connectivity index (χ0v) is 11.3. The summed E-state index contributed by atoms with van der Waals surface area (Å²) in [4.78, 5) is 3.28. The van der Waals surface area contributed by atoms with E-state index in [0.29, 0.717) is 5.92 Å². The first kappa shape index (κ1) is 11.0. The topological polar surface area (TPSA) is 20.7 Å². The molecular weight excluding hydrogens is 252 g/mol. The summed E-state index contributed by atoms with van der Waals surface area (Å²) >= 11 is 5.45. The fourth-order valence-electron chi connectivity index (χ4n) is 3.03. The third-order valence-corrected chi connectivity index (χ3v) is 4.37. The molecule has 1 aromatic heterocycles. The second kappa shape index (κ2) is 4.07. The van der Waals surface area contributed by atoms with Gasteiger partial charge in [0, 0.05) is 12.5 Å². The van der Waals surface area contributed by atoms with Crippen molar-refractivity contribution in [2.24, 2.45) is 0 Å². The summed E-state index contributed by atoms with van der Waals surface area (Å²) in [6.45, 7) is 0.972. The Hall–Kier alpha value is -1.87. The average molecular weight is 266 g/mol. The molecule has 0 bridgehead atoms. The predicted molar refractivity (Wildman–Crippen MR) is 80.0 cm³/mol. The van der Waals surface area contributed by atoms with Crippen molar-refractivity contribution >= 4 is 23.3 Å². The Balaban J connectivity index is 1.74. The minimum Gasteiger partial charge on any atom is -0.331 e. The summed E-state index contributed by atoms with van der Waals surface area (Å²) in [6, 6.07) is 17.0. The molecule has 2 nitrogen and oxygen atoms in total. The van der Waals surface area contributed by atoms with Crippen LogP contribution in [0, 0.1) is 4.77 Å². The largest absolute Gasteiger partial charge is 0.331 e. The van der Waals surface area contributed by atoms with Crippen LogP contribution in [0.2, 0.25) is 0 Å². The van der Waals surface area contributed by atoms with Gasteiger partial charge in [-0.2, -0.15) is 0 Å². The molecule has 0 fully saturated rings. The van der Waals surface area contributed by atoms with E-state index in [1.54, 1.807) is 0 Å². The number of fused-ring (bicyclic) bond motifs is 2. The number of H-pyrrole nitrogens is 1. The average Bonchev–Trinajstić information content (AvgIpc) is 2.72. The molecule has 0 saturated carbocycles. The smallest absolute Gasteiger partial charge is 0.178 e. The van der Waals surface area contributed by atoms with Gasteiger partial charge in [-0.3, -0.25) is 0 Å². The standard InChI is InChI=1S/C16H14N2S/c19-16-17-14-7-3-4-8-15(14)18(16)10-12-9-11-5-1-2-6-13(11)12/h1-8,12H,9-10H2,(H,17,19). The van der Waals surface area contributed by atoms with E-state index >= 15 is 0 Å². The zero-order valence-electron chi connectivity index (χ0n) is 10.5. The zero-order chi connectivity index (χ0) is 12.8. The van der Waals surface area contributed by atoms with E-state index in [9.17, 15) is 0 Å². The van der Waals surface area contributed by atoms with Crippen LogP contribution in [-0.2, 0) is 13.0 Å². The van der Waals surface area contributed by atoms with Gasteiger partial charge in [-0.25, -0.2) is 0 Å². The molecule has 3 heteroatoms. The van der Waals surface area contributed by atoms with E-state index in [0.717, 1.165) is 23.3 Å². The number of nitrogens with one attached hydrogen (secondary N) is 1. The third-order valence-electron chi connectivity index (χ3n) is 4.05. The van der Waals surface area contributed by atoms with Crippen LogP contribution in [0.5, 0.6) is 0 Å². The lowest BCUT2D eigenvalue weighted by molar-refractivity contribution is 0.513. The Labute approximate surface area is 116 Å². The summed E-state index contributed by atoms with van der Waals surface area (Å²) in [6.07, 6.45) is 1.16. The van der Waals surface area contributed by atoms with E-state index in [1.807, 2.05) is 6.07 Å². The van der Waals surface area contributed by atoms with E-state index in [-0.39, 0.29) is 0 Å². The van der Waals surface area contributed by atoms with E-state index in [2.05, 4.69) is 52.0 Å². The van der Waals surface area contributed by atoms with Crippen LogP contribution in [0.4, 0.5) is 0 Å². The van der Waals surface area contributed by atoms with Gasteiger partial charge in [-0.15, -0.1) is 0 Å². The van der Waals surface area contributed by atoms with Gasteiger partial charge in [0.2, 0.25) is 0 Å². The van der Waals surface area contributed by atoms with Gasteiger partial charge in [0.15, 0.2) is 4.77 Å². The van der Waals surface area contributed by atoms with Crippen molar-refractivity contribution in [3.8, 4) is 0 Å². The highest BCUT2D eigenvalue weighted by Crippen LogP contribution is 2.36. The van der Waals surface area contributed by atoms with Crippen LogP contribution in [0.25, 0.3) is 11.0 Å². The molecule has 1 atom stereocenters. The highest BCUT2D eigenvalue weighted by Gasteiger charge is 2.26. The molecule has 1 aliphatic carbocycles. The summed E-state index contributed by atoms with van der Waals surface area (Å²) in [5.74, 6) is 0.599. The summed E-state index contributed by atoms with van der Waals surface area (Å²) < 4.78 is 3.05. The van der Waals surface area contributed by atoms with Crippen LogP contribution in [0.3, 0.4) is 0 Å². The molecule has 1 aliphatic rings. The molecule has 4 rings (SSSR count). The van der Waals surface area contributed by atoms with Crippen LogP contribution >= 0.6 is 12.2 Å². The fourth-order valence-corrected chi connectivity index (χ4v) is 3.32. The van der Waals surface area contributed by atoms with Gasteiger partial charge >= 0.3 is 0 Å². The van der Waals surface area contributed by atoms with Gasteiger partial charge < -0.3 is 9.55 Å². The van der Waals surface area contributed by atoms with Gasteiger partial charge in [-0.1, -0.05) is 36.4 Å². The van der Waals surface area contributed by atoms with Crippen LogP contribution in [0.1, 0.15) is 17.0 Å². The summed E-state index contributed by atoms with van der Waals surface area (Å²) in [5.41, 5.74) is 5.30. The lowest BCUT2D eigenvalue weighted by Gasteiger charge is -2.30. The van der Waals surface area contributed by atoms with E-state index in [4.69, 9.17) is 12.2 Å². The molecule has 2 aromatic carbocycles. The number of para-hydroxylation sites is 2. The SMILES string of the molecule is S=c1[nH]c2ccccc2n1CC1Cc2ccccc21. The molecule has 1 N–H and O–H groups in total. The number of hydrogen-bond acceptors (Lipinski definition) is 1. The van der Waals surface area contributed by atoms with Gasteiger partial charge in [0.1, 0.15) is 0 Å². The maximum atomic E-state index is 5.45. The number of aromatic nitrogens is 2. The maximum Gasteiger partial charge on any atom is 0.178 e.